The average Bonchev–Trinajstić information content (AvgIpc) is 2.66. The van der Waals surface area contributed by atoms with Gasteiger partial charge in [-0.25, -0.2) is 8.78 Å². The van der Waals surface area contributed by atoms with Crippen molar-refractivity contribution < 1.29 is 28.2 Å². The molecule has 2 aromatic carbocycles. The molecule has 2 atom stereocenters. The Morgan fingerprint density at radius 3 is 2.70 bits per heavy atom. The average molecular weight is 398 g/mol. The lowest BCUT2D eigenvalue weighted by Crippen LogP contribution is -2.51. The van der Waals surface area contributed by atoms with E-state index in [-0.39, 0.29) is 29.4 Å². The molecule has 1 heterocycles. The number of aliphatic hydroxyl groups excluding tert-OH is 1. The van der Waals surface area contributed by atoms with E-state index < -0.39 is 29.7 Å². The fourth-order valence-electron chi connectivity index (χ4n) is 2.97. The van der Waals surface area contributed by atoms with Crippen LogP contribution in [-0.2, 0) is 0 Å². The quantitative estimate of drug-likeness (QED) is 0.860. The third kappa shape index (κ3) is 4.31. The van der Waals surface area contributed by atoms with Crippen molar-refractivity contribution in [2.45, 2.75) is 18.6 Å². The highest BCUT2D eigenvalue weighted by Crippen LogP contribution is 2.30. The zero-order valence-corrected chi connectivity index (χ0v) is 15.2. The molecule has 0 saturated carbocycles. The number of rotatable bonds is 4. The van der Waals surface area contributed by atoms with Crippen LogP contribution in [0.4, 0.5) is 8.78 Å². The van der Waals surface area contributed by atoms with Crippen LogP contribution in [0.3, 0.4) is 0 Å². The minimum absolute atomic E-state index is 0.0288. The van der Waals surface area contributed by atoms with Crippen LogP contribution in [0.15, 0.2) is 36.4 Å². The fraction of sp³-hybridized carbons (Fsp3) is 0.316. The van der Waals surface area contributed by atoms with Crippen LogP contribution in [0.2, 0.25) is 5.02 Å². The molecule has 5 nitrogen and oxygen atoms in total. The molecule has 1 amide bonds. The van der Waals surface area contributed by atoms with E-state index in [0.717, 1.165) is 6.07 Å². The number of carbonyl (C=O) groups excluding carboxylic acids is 1. The monoisotopic (exact) mass is 397 g/mol. The molecule has 1 fully saturated rings. The maximum Gasteiger partial charge on any atom is 0.256 e. The summed E-state index contributed by atoms with van der Waals surface area (Å²) < 4.78 is 38.0. The standard InChI is InChI=1S/C19H18ClF2NO4/c1-26-18-9-12(21)3-5-17(18)27-16-6-7-23(10-15(16)24)19(25)13-8-11(20)2-4-14(13)22/h2-5,8-9,15-16,24H,6-7,10H2,1H3/t15-,16-/m1/s1. The fourth-order valence-corrected chi connectivity index (χ4v) is 3.14. The molecule has 0 aliphatic carbocycles. The minimum Gasteiger partial charge on any atom is -0.493 e. The highest BCUT2D eigenvalue weighted by atomic mass is 35.5. The van der Waals surface area contributed by atoms with Gasteiger partial charge in [0.05, 0.1) is 19.2 Å². The van der Waals surface area contributed by atoms with Gasteiger partial charge in [-0.2, -0.15) is 0 Å². The lowest BCUT2D eigenvalue weighted by Gasteiger charge is -2.36. The smallest absolute Gasteiger partial charge is 0.256 e. The van der Waals surface area contributed by atoms with E-state index in [4.69, 9.17) is 21.1 Å². The van der Waals surface area contributed by atoms with Gasteiger partial charge in [0.2, 0.25) is 0 Å². The van der Waals surface area contributed by atoms with Gasteiger partial charge < -0.3 is 19.5 Å². The lowest BCUT2D eigenvalue weighted by atomic mass is 10.0. The Kier molecular flexibility index (Phi) is 5.82. The van der Waals surface area contributed by atoms with Crippen molar-refractivity contribution >= 4 is 17.5 Å². The molecule has 0 bridgehead atoms. The molecule has 1 aliphatic heterocycles. The first kappa shape index (κ1) is 19.4. The molecule has 0 spiro atoms. The summed E-state index contributed by atoms with van der Waals surface area (Å²) in [5, 5.41) is 10.6. The summed E-state index contributed by atoms with van der Waals surface area (Å²) in [7, 11) is 1.39. The number of ether oxygens (including phenoxy) is 2. The number of nitrogens with zero attached hydrogens (tertiary/aromatic N) is 1. The number of β-amino-alcohol motifs (C(OH)–C–C–N with tert-alkyl or cyclic N) is 1. The topological polar surface area (TPSA) is 59.0 Å². The molecule has 3 rings (SSSR count). The largest absolute Gasteiger partial charge is 0.493 e. The molecule has 0 aromatic heterocycles. The third-order valence-corrected chi connectivity index (χ3v) is 4.61. The third-order valence-electron chi connectivity index (χ3n) is 4.37. The zero-order valence-electron chi connectivity index (χ0n) is 14.5. The lowest BCUT2D eigenvalue weighted by molar-refractivity contribution is -0.0208. The summed E-state index contributed by atoms with van der Waals surface area (Å²) in [6, 6.07) is 7.58. The Hall–Kier alpha value is -2.38. The van der Waals surface area contributed by atoms with Gasteiger partial charge in [-0.3, -0.25) is 4.79 Å². The molecule has 0 unspecified atom stereocenters. The Labute approximate surface area is 160 Å². The van der Waals surface area contributed by atoms with E-state index in [1.54, 1.807) is 0 Å². The maximum atomic E-state index is 13.9. The Bertz CT molecular complexity index is 848. The summed E-state index contributed by atoms with van der Waals surface area (Å²) in [5.74, 6) is -1.19. The molecule has 27 heavy (non-hydrogen) atoms. The van der Waals surface area contributed by atoms with Crippen molar-refractivity contribution in [3.63, 3.8) is 0 Å². The first-order valence-electron chi connectivity index (χ1n) is 8.31. The van der Waals surface area contributed by atoms with Gasteiger partial charge in [0.1, 0.15) is 23.8 Å². The second-order valence-electron chi connectivity index (χ2n) is 6.18. The number of hydrogen-bond donors (Lipinski definition) is 1. The highest BCUT2D eigenvalue weighted by molar-refractivity contribution is 6.31. The van der Waals surface area contributed by atoms with Crippen LogP contribution in [0, 0.1) is 11.6 Å². The second-order valence-corrected chi connectivity index (χ2v) is 6.62. The maximum absolute atomic E-state index is 13.9. The molecule has 1 N–H and O–H groups in total. The summed E-state index contributed by atoms with van der Waals surface area (Å²) in [5.41, 5.74) is -0.144. The summed E-state index contributed by atoms with van der Waals surface area (Å²) >= 11 is 5.84. The van der Waals surface area contributed by atoms with Crippen LogP contribution in [0.1, 0.15) is 16.8 Å². The minimum atomic E-state index is -1.00. The van der Waals surface area contributed by atoms with Crippen molar-refractivity contribution in [1.82, 2.24) is 4.90 Å². The van der Waals surface area contributed by atoms with E-state index in [1.807, 2.05) is 0 Å². The van der Waals surface area contributed by atoms with E-state index in [9.17, 15) is 18.7 Å². The number of benzene rings is 2. The van der Waals surface area contributed by atoms with E-state index in [0.29, 0.717) is 12.2 Å². The molecule has 1 saturated heterocycles. The first-order chi connectivity index (χ1) is 12.9. The van der Waals surface area contributed by atoms with Gasteiger partial charge in [0.25, 0.3) is 5.91 Å². The Balaban J connectivity index is 1.69. The van der Waals surface area contributed by atoms with E-state index in [2.05, 4.69) is 0 Å². The van der Waals surface area contributed by atoms with Crippen molar-refractivity contribution in [2.24, 2.45) is 0 Å². The second kappa shape index (κ2) is 8.10. The van der Waals surface area contributed by atoms with Gasteiger partial charge >= 0.3 is 0 Å². The van der Waals surface area contributed by atoms with Gasteiger partial charge in [0, 0.05) is 24.1 Å². The van der Waals surface area contributed by atoms with E-state index in [1.165, 1.54) is 42.3 Å². The van der Waals surface area contributed by atoms with E-state index >= 15 is 0 Å². The van der Waals surface area contributed by atoms with Crippen LogP contribution in [0.25, 0.3) is 0 Å². The molecular weight excluding hydrogens is 380 g/mol. The molecular formula is C19H18ClF2NO4. The predicted octanol–water partition coefficient (Wildman–Crippen LogP) is 3.28. The summed E-state index contributed by atoms with van der Waals surface area (Å²) in [6.07, 6.45) is -1.30. The first-order valence-corrected chi connectivity index (χ1v) is 8.69. The summed E-state index contributed by atoms with van der Waals surface area (Å²) in [4.78, 5) is 13.9. The number of piperidine rings is 1. The molecule has 144 valence electrons. The number of amides is 1. The van der Waals surface area contributed by atoms with Gasteiger partial charge in [-0.05, 0) is 30.3 Å². The normalized spacial score (nSPS) is 19.7. The van der Waals surface area contributed by atoms with Crippen molar-refractivity contribution in [2.75, 3.05) is 20.2 Å². The molecule has 8 heteroatoms. The number of aliphatic hydroxyl groups is 1. The molecule has 2 aromatic rings. The molecule has 1 aliphatic rings. The van der Waals surface area contributed by atoms with Gasteiger partial charge in [-0.1, -0.05) is 11.6 Å². The number of halogens is 3. The van der Waals surface area contributed by atoms with Crippen molar-refractivity contribution in [1.29, 1.82) is 0 Å². The SMILES string of the molecule is COc1cc(F)ccc1O[C@@H]1CCN(C(=O)c2cc(Cl)ccc2F)C[C@H]1O. The number of carbonyl (C=O) groups is 1. The Morgan fingerprint density at radius 1 is 1.22 bits per heavy atom. The Morgan fingerprint density at radius 2 is 2.00 bits per heavy atom. The van der Waals surface area contributed by atoms with Gasteiger partial charge in [0.15, 0.2) is 11.5 Å². The zero-order chi connectivity index (χ0) is 19.6. The van der Waals surface area contributed by atoms with Crippen molar-refractivity contribution in [3.8, 4) is 11.5 Å². The van der Waals surface area contributed by atoms with Crippen LogP contribution in [0.5, 0.6) is 11.5 Å². The van der Waals surface area contributed by atoms with Crippen LogP contribution >= 0.6 is 11.6 Å². The van der Waals surface area contributed by atoms with Crippen molar-refractivity contribution in [3.05, 3.63) is 58.6 Å². The number of hydrogen-bond acceptors (Lipinski definition) is 4. The number of likely N-dealkylation sites (tertiary alicyclic amines) is 1. The predicted molar refractivity (Wildman–Crippen MR) is 95.3 cm³/mol. The summed E-state index contributed by atoms with van der Waals surface area (Å²) in [6.45, 7) is 0.231. The van der Waals surface area contributed by atoms with Crippen LogP contribution < -0.4 is 9.47 Å². The highest BCUT2D eigenvalue weighted by Gasteiger charge is 2.33. The van der Waals surface area contributed by atoms with Gasteiger partial charge in [-0.15, -0.1) is 0 Å². The van der Waals surface area contributed by atoms with Crippen LogP contribution in [-0.4, -0.2) is 48.3 Å². The molecule has 0 radical (unpaired) electrons. The number of methoxy groups -OCH3 is 1.